The summed E-state index contributed by atoms with van der Waals surface area (Å²) in [7, 11) is 1.57. The van der Waals surface area contributed by atoms with Crippen LogP contribution in [0.15, 0.2) is 23.8 Å². The molecule has 32 heavy (non-hydrogen) atoms. The third kappa shape index (κ3) is 14.0. The highest BCUT2D eigenvalue weighted by Gasteiger charge is 2.34. The second kappa shape index (κ2) is 17.3. The molecule has 1 aliphatic heterocycles. The van der Waals surface area contributed by atoms with Gasteiger partial charge in [0.2, 0.25) is 0 Å². The number of allylic oxidation sites excluding steroid dienone is 2. The maximum absolute atomic E-state index is 10.8. The molecule has 2 rings (SSSR count). The molecule has 1 aliphatic carbocycles. The minimum Gasteiger partial charge on any atom is -0.481 e. The molecule has 184 valence electrons. The molecule has 0 aromatic rings. The molecule has 0 bridgehead atoms. The quantitative estimate of drug-likeness (QED) is 0.423. The van der Waals surface area contributed by atoms with Crippen molar-refractivity contribution in [1.29, 1.82) is 0 Å². The molecule has 2 aliphatic rings. The third-order valence-electron chi connectivity index (χ3n) is 4.96. The molecule has 1 atom stereocenters. The molecule has 0 saturated carbocycles. The summed E-state index contributed by atoms with van der Waals surface area (Å²) in [6.07, 6.45) is 10.1. The molecule has 9 nitrogen and oxygen atoms in total. The van der Waals surface area contributed by atoms with E-state index in [0.29, 0.717) is 13.2 Å². The number of aliphatic carboxylic acids is 3. The van der Waals surface area contributed by atoms with Crippen LogP contribution in [-0.4, -0.2) is 84.7 Å². The Bertz CT molecular complexity index is 623. The summed E-state index contributed by atoms with van der Waals surface area (Å²) in [6.45, 7) is 9.03. The first-order chi connectivity index (χ1) is 15.2. The molecule has 1 fully saturated rings. The summed E-state index contributed by atoms with van der Waals surface area (Å²) < 4.78 is 9.56. The lowest BCUT2D eigenvalue weighted by Crippen LogP contribution is -2.30. The monoisotopic (exact) mass is 457 g/mol. The van der Waals surface area contributed by atoms with E-state index in [2.05, 4.69) is 16.6 Å². The first-order valence-electron chi connectivity index (χ1n) is 11.0. The van der Waals surface area contributed by atoms with Gasteiger partial charge >= 0.3 is 17.9 Å². The highest BCUT2D eigenvalue weighted by atomic mass is 16.5. The van der Waals surface area contributed by atoms with Gasteiger partial charge in [0.05, 0.1) is 31.7 Å². The van der Waals surface area contributed by atoms with Crippen molar-refractivity contribution in [2.24, 2.45) is 5.41 Å². The first kappa shape index (κ1) is 29.8. The standard InChI is InChI=1S/C9H10O4.C8H17N.C6H12O4/c1-9(8(12)13)4-2-3-6(5-9)7(10)11;1-2-6-9-7-4-3-5-8-9;1-9-4-5-10-3-2-6(7)8/h2-4H,5H2,1H3,(H,10,11)(H,12,13);2-8H2,1H3;2-5H2,1H3,(H,7,8). The Morgan fingerprint density at radius 1 is 1.06 bits per heavy atom. The van der Waals surface area contributed by atoms with Crippen molar-refractivity contribution < 1.29 is 39.2 Å². The summed E-state index contributed by atoms with van der Waals surface area (Å²) >= 11 is 0. The van der Waals surface area contributed by atoms with Crippen LogP contribution in [0.25, 0.3) is 0 Å². The highest BCUT2D eigenvalue weighted by molar-refractivity contribution is 5.90. The van der Waals surface area contributed by atoms with Gasteiger partial charge in [0, 0.05) is 12.7 Å². The molecule has 3 N–H and O–H groups in total. The van der Waals surface area contributed by atoms with Crippen molar-refractivity contribution >= 4 is 17.9 Å². The Balaban J connectivity index is 0.000000460. The number of rotatable bonds is 10. The summed E-state index contributed by atoms with van der Waals surface area (Å²) in [5.74, 6) is -2.90. The van der Waals surface area contributed by atoms with E-state index in [1.807, 2.05) is 0 Å². The van der Waals surface area contributed by atoms with Gasteiger partial charge in [-0.15, -0.1) is 0 Å². The second-order valence-electron chi connectivity index (χ2n) is 7.91. The number of ether oxygens (including phenoxy) is 2. The van der Waals surface area contributed by atoms with Gasteiger partial charge in [0.1, 0.15) is 0 Å². The highest BCUT2D eigenvalue weighted by Crippen LogP contribution is 2.31. The fourth-order valence-corrected chi connectivity index (χ4v) is 3.09. The fraction of sp³-hybridized carbons (Fsp3) is 0.696. The van der Waals surface area contributed by atoms with Crippen LogP contribution >= 0.6 is 0 Å². The number of hydrogen-bond acceptors (Lipinski definition) is 6. The van der Waals surface area contributed by atoms with Crippen molar-refractivity contribution in [1.82, 2.24) is 4.90 Å². The zero-order valence-corrected chi connectivity index (χ0v) is 19.5. The third-order valence-corrected chi connectivity index (χ3v) is 4.96. The predicted molar refractivity (Wildman–Crippen MR) is 121 cm³/mol. The predicted octanol–water partition coefficient (Wildman–Crippen LogP) is 3.05. The molecular weight excluding hydrogens is 418 g/mol. The lowest BCUT2D eigenvalue weighted by molar-refractivity contribution is -0.145. The number of nitrogens with zero attached hydrogens (tertiary/aromatic N) is 1. The minimum absolute atomic E-state index is 0.0359. The van der Waals surface area contributed by atoms with Gasteiger partial charge in [0.25, 0.3) is 0 Å². The van der Waals surface area contributed by atoms with Crippen molar-refractivity contribution in [3.05, 3.63) is 23.8 Å². The van der Waals surface area contributed by atoms with Crippen molar-refractivity contribution in [3.8, 4) is 0 Å². The molecule has 1 saturated heterocycles. The topological polar surface area (TPSA) is 134 Å². The fourth-order valence-electron chi connectivity index (χ4n) is 3.09. The Labute approximate surface area is 190 Å². The Hall–Kier alpha value is -2.23. The molecule has 0 radical (unpaired) electrons. The van der Waals surface area contributed by atoms with E-state index in [0.717, 1.165) is 0 Å². The van der Waals surface area contributed by atoms with E-state index in [4.69, 9.17) is 20.1 Å². The SMILES string of the molecule is CC1(C(=O)O)C=CC=C(C(=O)O)C1.CCCN1CCCCC1.COCCOCCC(=O)O. The van der Waals surface area contributed by atoms with Crippen LogP contribution in [0, 0.1) is 5.41 Å². The lowest BCUT2D eigenvalue weighted by Gasteiger charge is -2.25. The van der Waals surface area contributed by atoms with Crippen molar-refractivity contribution in [2.75, 3.05) is 46.6 Å². The average molecular weight is 458 g/mol. The maximum Gasteiger partial charge on any atom is 0.331 e. The largest absolute Gasteiger partial charge is 0.481 e. The van der Waals surface area contributed by atoms with Crippen LogP contribution in [-0.2, 0) is 23.9 Å². The zero-order chi connectivity index (χ0) is 24.4. The van der Waals surface area contributed by atoms with E-state index in [1.165, 1.54) is 70.5 Å². The number of carbonyl (C=O) groups is 3. The van der Waals surface area contributed by atoms with Crippen LogP contribution in [0.3, 0.4) is 0 Å². The summed E-state index contributed by atoms with van der Waals surface area (Å²) in [5.41, 5.74) is -0.949. The van der Waals surface area contributed by atoms with E-state index >= 15 is 0 Å². The molecule has 0 amide bonds. The molecule has 0 aromatic carbocycles. The molecule has 1 heterocycles. The molecule has 0 spiro atoms. The van der Waals surface area contributed by atoms with Crippen molar-refractivity contribution in [2.45, 2.75) is 52.4 Å². The normalized spacial score (nSPS) is 20.2. The zero-order valence-electron chi connectivity index (χ0n) is 19.5. The van der Waals surface area contributed by atoms with Gasteiger partial charge in [0.15, 0.2) is 0 Å². The average Bonchev–Trinajstić information content (AvgIpc) is 2.75. The van der Waals surface area contributed by atoms with E-state index in [9.17, 15) is 14.4 Å². The van der Waals surface area contributed by atoms with E-state index < -0.39 is 23.3 Å². The number of carboxylic acid groups (broad SMARTS) is 3. The van der Waals surface area contributed by atoms with Gasteiger partial charge in [-0.2, -0.15) is 0 Å². The van der Waals surface area contributed by atoms with E-state index in [1.54, 1.807) is 7.11 Å². The van der Waals surface area contributed by atoms with Crippen LogP contribution in [0.5, 0.6) is 0 Å². The Morgan fingerprint density at radius 2 is 1.72 bits per heavy atom. The van der Waals surface area contributed by atoms with Gasteiger partial charge in [-0.25, -0.2) is 4.79 Å². The number of methoxy groups -OCH3 is 1. The van der Waals surface area contributed by atoms with Crippen LogP contribution < -0.4 is 0 Å². The number of carboxylic acids is 3. The smallest absolute Gasteiger partial charge is 0.331 e. The Morgan fingerprint density at radius 3 is 2.22 bits per heavy atom. The molecule has 1 unspecified atom stereocenters. The van der Waals surface area contributed by atoms with Crippen LogP contribution in [0.1, 0.15) is 52.4 Å². The molecule has 0 aromatic heterocycles. The second-order valence-corrected chi connectivity index (χ2v) is 7.91. The molecule has 9 heteroatoms. The van der Waals surface area contributed by atoms with Crippen LogP contribution in [0.4, 0.5) is 0 Å². The van der Waals surface area contributed by atoms with Gasteiger partial charge in [-0.3, -0.25) is 9.59 Å². The minimum atomic E-state index is -1.08. The summed E-state index contributed by atoms with van der Waals surface area (Å²) in [4.78, 5) is 33.8. The van der Waals surface area contributed by atoms with Crippen molar-refractivity contribution in [3.63, 3.8) is 0 Å². The van der Waals surface area contributed by atoms with Gasteiger partial charge in [-0.05, 0) is 52.2 Å². The van der Waals surface area contributed by atoms with Gasteiger partial charge in [-0.1, -0.05) is 31.6 Å². The van der Waals surface area contributed by atoms with Crippen LogP contribution in [0.2, 0.25) is 0 Å². The summed E-state index contributed by atoms with van der Waals surface area (Å²) in [6, 6.07) is 0. The van der Waals surface area contributed by atoms with E-state index in [-0.39, 0.29) is 25.0 Å². The first-order valence-corrected chi connectivity index (χ1v) is 11.0. The molecular formula is C23H39NO8. The Kier molecular flexibility index (Phi) is 16.1. The number of hydrogen-bond donors (Lipinski definition) is 3. The van der Waals surface area contributed by atoms with Gasteiger partial charge < -0.3 is 29.7 Å². The summed E-state index contributed by atoms with van der Waals surface area (Å²) in [5, 5.41) is 25.6. The lowest BCUT2D eigenvalue weighted by atomic mass is 9.80. The number of likely N-dealkylation sites (tertiary alicyclic amines) is 1. The maximum atomic E-state index is 10.8. The number of piperidine rings is 1.